The van der Waals surface area contributed by atoms with Crippen molar-refractivity contribution in [2.75, 3.05) is 26.7 Å². The molecular formula is C23H30N2O4S. The summed E-state index contributed by atoms with van der Waals surface area (Å²) in [5.41, 5.74) is 2.94. The Labute approximate surface area is 179 Å². The molecule has 1 aliphatic heterocycles. The van der Waals surface area contributed by atoms with Crippen LogP contribution in [0.1, 0.15) is 29.5 Å². The summed E-state index contributed by atoms with van der Waals surface area (Å²) < 4.78 is 32.2. The van der Waals surface area contributed by atoms with E-state index in [2.05, 4.69) is 5.32 Å². The number of piperidine rings is 1. The maximum atomic E-state index is 12.8. The van der Waals surface area contributed by atoms with Crippen LogP contribution >= 0.6 is 0 Å². The second-order valence-corrected chi connectivity index (χ2v) is 9.71. The van der Waals surface area contributed by atoms with E-state index < -0.39 is 10.0 Å². The van der Waals surface area contributed by atoms with Gasteiger partial charge in [0, 0.05) is 25.6 Å². The van der Waals surface area contributed by atoms with Crippen LogP contribution in [0.15, 0.2) is 48.5 Å². The number of benzene rings is 2. The molecule has 1 amide bonds. The standard InChI is InChI=1S/C23H30N2O4S/c1-18-5-3-4-6-21(18)17-30(27,28)25-15-12-20(13-16-25)23(26)24-14-11-19-7-9-22(29-2)10-8-19/h3-10,20H,11-17H2,1-2H3,(H,24,26). The topological polar surface area (TPSA) is 75.7 Å². The molecule has 1 heterocycles. The normalized spacial score (nSPS) is 15.7. The molecule has 0 unspecified atom stereocenters. The Kier molecular flexibility index (Phi) is 7.50. The van der Waals surface area contributed by atoms with E-state index in [1.54, 1.807) is 7.11 Å². The molecule has 1 N–H and O–H groups in total. The molecule has 0 bridgehead atoms. The Bertz CT molecular complexity index is 949. The molecule has 162 valence electrons. The predicted molar refractivity (Wildman–Crippen MR) is 118 cm³/mol. The molecule has 0 aliphatic carbocycles. The monoisotopic (exact) mass is 430 g/mol. The molecule has 0 spiro atoms. The van der Waals surface area contributed by atoms with E-state index in [4.69, 9.17) is 4.74 Å². The molecule has 6 nitrogen and oxygen atoms in total. The number of nitrogens with one attached hydrogen (secondary N) is 1. The van der Waals surface area contributed by atoms with Crippen LogP contribution in [-0.4, -0.2) is 45.4 Å². The third kappa shape index (κ3) is 5.83. The van der Waals surface area contributed by atoms with E-state index in [0.717, 1.165) is 28.9 Å². The van der Waals surface area contributed by atoms with Gasteiger partial charge in [-0.25, -0.2) is 12.7 Å². The molecule has 2 aromatic rings. The first-order valence-corrected chi connectivity index (χ1v) is 11.9. The Morgan fingerprint density at radius 3 is 2.40 bits per heavy atom. The molecule has 3 rings (SSSR count). The summed E-state index contributed by atoms with van der Waals surface area (Å²) in [5.74, 6) is 0.704. The van der Waals surface area contributed by atoms with Gasteiger partial charge in [-0.3, -0.25) is 4.79 Å². The molecule has 0 aromatic heterocycles. The zero-order valence-corrected chi connectivity index (χ0v) is 18.5. The second-order valence-electron chi connectivity index (χ2n) is 7.75. The first-order valence-electron chi connectivity index (χ1n) is 10.3. The lowest BCUT2D eigenvalue weighted by Gasteiger charge is -2.30. The summed E-state index contributed by atoms with van der Waals surface area (Å²) in [5, 5.41) is 2.99. The van der Waals surface area contributed by atoms with Crippen molar-refractivity contribution in [3.05, 3.63) is 65.2 Å². The van der Waals surface area contributed by atoms with Crippen molar-refractivity contribution in [1.82, 2.24) is 9.62 Å². The summed E-state index contributed by atoms with van der Waals surface area (Å²) >= 11 is 0. The van der Waals surface area contributed by atoms with E-state index >= 15 is 0 Å². The highest BCUT2D eigenvalue weighted by atomic mass is 32.2. The van der Waals surface area contributed by atoms with Crippen LogP contribution < -0.4 is 10.1 Å². The Morgan fingerprint density at radius 2 is 1.77 bits per heavy atom. The average Bonchev–Trinajstić information content (AvgIpc) is 2.76. The van der Waals surface area contributed by atoms with Gasteiger partial charge in [0.1, 0.15) is 5.75 Å². The molecule has 30 heavy (non-hydrogen) atoms. The molecule has 0 radical (unpaired) electrons. The SMILES string of the molecule is COc1ccc(CCNC(=O)C2CCN(S(=O)(=O)Cc3ccccc3C)CC2)cc1. The summed E-state index contributed by atoms with van der Waals surface area (Å²) in [7, 11) is -1.74. The number of carbonyl (C=O) groups excluding carboxylic acids is 1. The Balaban J connectivity index is 1.45. The average molecular weight is 431 g/mol. The number of methoxy groups -OCH3 is 1. The van der Waals surface area contributed by atoms with E-state index in [-0.39, 0.29) is 17.6 Å². The first-order chi connectivity index (χ1) is 14.4. The lowest BCUT2D eigenvalue weighted by molar-refractivity contribution is -0.126. The Hall–Kier alpha value is -2.38. The van der Waals surface area contributed by atoms with Crippen LogP contribution in [0.5, 0.6) is 5.75 Å². The first kappa shape index (κ1) is 22.3. The van der Waals surface area contributed by atoms with Gasteiger partial charge in [-0.1, -0.05) is 36.4 Å². The largest absolute Gasteiger partial charge is 0.497 e. The zero-order valence-electron chi connectivity index (χ0n) is 17.6. The van der Waals surface area contributed by atoms with Gasteiger partial charge in [-0.2, -0.15) is 0 Å². The third-order valence-corrected chi connectivity index (χ3v) is 7.52. The van der Waals surface area contributed by atoms with Gasteiger partial charge < -0.3 is 10.1 Å². The van der Waals surface area contributed by atoms with E-state index in [0.29, 0.717) is 32.5 Å². The van der Waals surface area contributed by atoms with Crippen LogP contribution in [0, 0.1) is 12.8 Å². The van der Waals surface area contributed by atoms with Crippen molar-refractivity contribution >= 4 is 15.9 Å². The van der Waals surface area contributed by atoms with Crippen LogP contribution in [0.2, 0.25) is 0 Å². The Morgan fingerprint density at radius 1 is 1.10 bits per heavy atom. The molecular weight excluding hydrogens is 400 g/mol. The number of amides is 1. The van der Waals surface area contributed by atoms with Crippen LogP contribution in [0.4, 0.5) is 0 Å². The van der Waals surface area contributed by atoms with E-state index in [1.165, 1.54) is 4.31 Å². The van der Waals surface area contributed by atoms with Crippen molar-refractivity contribution in [3.8, 4) is 5.75 Å². The van der Waals surface area contributed by atoms with Crippen molar-refractivity contribution in [1.29, 1.82) is 0 Å². The van der Waals surface area contributed by atoms with Gasteiger partial charge in [-0.15, -0.1) is 0 Å². The van der Waals surface area contributed by atoms with Gasteiger partial charge in [0.2, 0.25) is 15.9 Å². The predicted octanol–water partition coefficient (Wildman–Crippen LogP) is 2.90. The lowest BCUT2D eigenvalue weighted by atomic mass is 9.97. The number of sulfonamides is 1. The number of ether oxygens (including phenoxy) is 1. The summed E-state index contributed by atoms with van der Waals surface area (Å²) in [4.78, 5) is 12.5. The molecule has 7 heteroatoms. The molecule has 1 aliphatic rings. The minimum absolute atomic E-state index is 0.0123. The highest BCUT2D eigenvalue weighted by Gasteiger charge is 2.31. The minimum Gasteiger partial charge on any atom is -0.497 e. The highest BCUT2D eigenvalue weighted by Crippen LogP contribution is 2.22. The van der Waals surface area contributed by atoms with Crippen molar-refractivity contribution in [2.24, 2.45) is 5.92 Å². The van der Waals surface area contributed by atoms with Gasteiger partial charge in [0.25, 0.3) is 0 Å². The summed E-state index contributed by atoms with van der Waals surface area (Å²) in [6, 6.07) is 15.3. The maximum absolute atomic E-state index is 12.8. The van der Waals surface area contributed by atoms with Gasteiger partial charge in [0.15, 0.2) is 0 Å². The van der Waals surface area contributed by atoms with E-state index in [9.17, 15) is 13.2 Å². The fourth-order valence-electron chi connectivity index (χ4n) is 3.72. The van der Waals surface area contributed by atoms with Crippen LogP contribution in [0.3, 0.4) is 0 Å². The molecule has 1 fully saturated rings. The van der Waals surface area contributed by atoms with Gasteiger partial charge in [-0.05, 0) is 55.0 Å². The summed E-state index contributed by atoms with van der Waals surface area (Å²) in [6.07, 6.45) is 1.86. The molecule has 0 atom stereocenters. The number of hydrogen-bond acceptors (Lipinski definition) is 4. The molecule has 1 saturated heterocycles. The molecule has 2 aromatic carbocycles. The quantitative estimate of drug-likeness (QED) is 0.699. The fourth-order valence-corrected chi connectivity index (χ4v) is 5.39. The maximum Gasteiger partial charge on any atom is 0.223 e. The van der Waals surface area contributed by atoms with Crippen molar-refractivity contribution in [3.63, 3.8) is 0 Å². The smallest absolute Gasteiger partial charge is 0.223 e. The summed E-state index contributed by atoms with van der Waals surface area (Å²) in [6.45, 7) is 3.28. The van der Waals surface area contributed by atoms with Crippen LogP contribution in [-0.2, 0) is 27.0 Å². The number of hydrogen-bond donors (Lipinski definition) is 1. The van der Waals surface area contributed by atoms with Gasteiger partial charge >= 0.3 is 0 Å². The zero-order chi connectivity index (χ0) is 21.6. The van der Waals surface area contributed by atoms with Crippen molar-refractivity contribution in [2.45, 2.75) is 31.9 Å². The molecule has 0 saturated carbocycles. The van der Waals surface area contributed by atoms with Crippen LogP contribution in [0.25, 0.3) is 0 Å². The number of aryl methyl sites for hydroxylation is 1. The third-order valence-electron chi connectivity index (χ3n) is 5.69. The lowest BCUT2D eigenvalue weighted by Crippen LogP contribution is -2.43. The van der Waals surface area contributed by atoms with Gasteiger partial charge in [0.05, 0.1) is 12.9 Å². The number of nitrogens with zero attached hydrogens (tertiary/aromatic N) is 1. The van der Waals surface area contributed by atoms with E-state index in [1.807, 2.05) is 55.5 Å². The number of carbonyl (C=O) groups is 1. The second kappa shape index (κ2) is 10.1. The fraction of sp³-hybridized carbons (Fsp3) is 0.435. The van der Waals surface area contributed by atoms with Crippen molar-refractivity contribution < 1.29 is 17.9 Å². The highest BCUT2D eigenvalue weighted by molar-refractivity contribution is 7.88. The minimum atomic E-state index is -3.38. The number of rotatable bonds is 8.